The fourth-order valence-corrected chi connectivity index (χ4v) is 2.12. The van der Waals surface area contributed by atoms with Gasteiger partial charge in [-0.05, 0) is 31.2 Å². The van der Waals surface area contributed by atoms with Gasteiger partial charge in [0.15, 0.2) is 11.6 Å². The Labute approximate surface area is 133 Å². The molecule has 0 atom stereocenters. The molecule has 6 heteroatoms. The van der Waals surface area contributed by atoms with E-state index in [2.05, 4.69) is 15.1 Å². The fourth-order valence-electron chi connectivity index (χ4n) is 2.12. The number of ether oxygens (including phenoxy) is 1. The Morgan fingerprint density at radius 2 is 2.04 bits per heavy atom. The zero-order valence-corrected chi connectivity index (χ0v) is 12.9. The van der Waals surface area contributed by atoms with Crippen LogP contribution in [0.5, 0.6) is 11.5 Å². The van der Waals surface area contributed by atoms with Crippen LogP contribution in [0.15, 0.2) is 48.8 Å². The van der Waals surface area contributed by atoms with Crippen LogP contribution < -0.4 is 4.74 Å². The maximum absolute atomic E-state index is 12.4. The topological polar surface area (TPSA) is 69.9 Å². The molecule has 23 heavy (non-hydrogen) atoms. The molecule has 116 valence electrons. The highest BCUT2D eigenvalue weighted by Crippen LogP contribution is 2.21. The Bertz CT molecular complexity index is 808. The number of nitrogens with zero attached hydrogens (tertiary/aromatic N) is 4. The van der Waals surface area contributed by atoms with Gasteiger partial charge in [0.1, 0.15) is 17.3 Å². The smallest absolute Gasteiger partial charge is 0.170 e. The van der Waals surface area contributed by atoms with Gasteiger partial charge in [0, 0.05) is 18.8 Å². The summed E-state index contributed by atoms with van der Waals surface area (Å²) in [5.41, 5.74) is 0.566. The molecule has 0 radical (unpaired) electrons. The first-order chi connectivity index (χ1) is 11.1. The zero-order chi connectivity index (χ0) is 16.2. The van der Waals surface area contributed by atoms with Crippen molar-refractivity contribution < 1.29 is 9.53 Å². The molecule has 3 rings (SSSR count). The average molecular weight is 308 g/mol. The summed E-state index contributed by atoms with van der Waals surface area (Å²) in [5.74, 6) is 2.47. The number of hydrogen-bond donors (Lipinski definition) is 0. The molecule has 0 saturated carbocycles. The standard InChI is InChI=1S/C17H16N4O2/c1-12-19-17(20-21(12)2)10-16(22)13-5-3-6-14(9-13)23-15-7-4-8-18-11-15/h3-9,11H,10H2,1-2H3. The van der Waals surface area contributed by atoms with Crippen molar-refractivity contribution in [1.82, 2.24) is 19.7 Å². The first-order valence-electron chi connectivity index (χ1n) is 7.19. The lowest BCUT2D eigenvalue weighted by atomic mass is 10.1. The summed E-state index contributed by atoms with van der Waals surface area (Å²) in [5, 5.41) is 4.21. The van der Waals surface area contributed by atoms with E-state index in [1.54, 1.807) is 54.5 Å². The van der Waals surface area contributed by atoms with Gasteiger partial charge < -0.3 is 4.74 Å². The van der Waals surface area contributed by atoms with Crippen LogP contribution in [0.4, 0.5) is 0 Å². The molecule has 0 aliphatic carbocycles. The van der Waals surface area contributed by atoms with Gasteiger partial charge in [-0.3, -0.25) is 14.5 Å². The Morgan fingerprint density at radius 1 is 1.22 bits per heavy atom. The fraction of sp³-hybridized carbons (Fsp3) is 0.176. The van der Waals surface area contributed by atoms with Gasteiger partial charge in [0.25, 0.3) is 0 Å². The second-order valence-electron chi connectivity index (χ2n) is 5.12. The molecule has 0 fully saturated rings. The second kappa shape index (κ2) is 6.39. The van der Waals surface area contributed by atoms with Crippen LogP contribution in [0.3, 0.4) is 0 Å². The lowest BCUT2D eigenvalue weighted by Gasteiger charge is -2.06. The van der Waals surface area contributed by atoms with Gasteiger partial charge in [-0.25, -0.2) is 4.98 Å². The van der Waals surface area contributed by atoms with Crippen LogP contribution in [0.25, 0.3) is 0 Å². The normalized spacial score (nSPS) is 10.5. The molecule has 0 saturated heterocycles. The summed E-state index contributed by atoms with van der Waals surface area (Å²) in [7, 11) is 1.80. The lowest BCUT2D eigenvalue weighted by molar-refractivity contribution is 0.0990. The van der Waals surface area contributed by atoms with Gasteiger partial charge in [0.05, 0.1) is 12.6 Å². The minimum atomic E-state index is -0.0489. The maximum atomic E-state index is 12.4. The number of ketones is 1. The van der Waals surface area contributed by atoms with E-state index in [0.717, 1.165) is 5.82 Å². The minimum absolute atomic E-state index is 0.0489. The van der Waals surface area contributed by atoms with Crippen LogP contribution in [-0.4, -0.2) is 25.5 Å². The van der Waals surface area contributed by atoms with Gasteiger partial charge in [0.2, 0.25) is 0 Å². The van der Waals surface area contributed by atoms with Crippen LogP contribution >= 0.6 is 0 Å². The molecule has 0 bridgehead atoms. The highest BCUT2D eigenvalue weighted by atomic mass is 16.5. The number of benzene rings is 1. The Hall–Kier alpha value is -3.02. The molecular weight excluding hydrogens is 292 g/mol. The zero-order valence-electron chi connectivity index (χ0n) is 12.9. The van der Waals surface area contributed by atoms with E-state index in [4.69, 9.17) is 4.74 Å². The van der Waals surface area contributed by atoms with Crippen molar-refractivity contribution in [3.63, 3.8) is 0 Å². The van der Waals surface area contributed by atoms with Gasteiger partial charge in [-0.1, -0.05) is 12.1 Å². The van der Waals surface area contributed by atoms with Crippen molar-refractivity contribution in [3.05, 3.63) is 66.0 Å². The predicted molar refractivity (Wildman–Crippen MR) is 84.5 cm³/mol. The number of rotatable bonds is 5. The minimum Gasteiger partial charge on any atom is -0.456 e. The molecule has 0 aliphatic rings. The van der Waals surface area contributed by atoms with E-state index in [9.17, 15) is 4.79 Å². The van der Waals surface area contributed by atoms with Gasteiger partial charge in [-0.2, -0.15) is 5.10 Å². The number of carbonyl (C=O) groups excluding carboxylic acids is 1. The number of pyridine rings is 1. The molecule has 1 aromatic carbocycles. The van der Waals surface area contributed by atoms with E-state index in [-0.39, 0.29) is 12.2 Å². The molecule has 2 heterocycles. The van der Waals surface area contributed by atoms with E-state index < -0.39 is 0 Å². The molecule has 2 aromatic heterocycles. The van der Waals surface area contributed by atoms with Crippen molar-refractivity contribution >= 4 is 5.78 Å². The number of Topliss-reactive ketones (excluding diaryl/α,β-unsaturated/α-hetero) is 1. The Morgan fingerprint density at radius 3 is 2.74 bits per heavy atom. The monoisotopic (exact) mass is 308 g/mol. The first-order valence-corrected chi connectivity index (χ1v) is 7.19. The third-order valence-electron chi connectivity index (χ3n) is 3.37. The van der Waals surface area contributed by atoms with Crippen molar-refractivity contribution in [1.29, 1.82) is 0 Å². The Balaban J connectivity index is 1.75. The molecule has 3 aromatic rings. The van der Waals surface area contributed by atoms with Crippen LogP contribution in [0, 0.1) is 6.92 Å². The third-order valence-corrected chi connectivity index (χ3v) is 3.37. The summed E-state index contributed by atoms with van der Waals surface area (Å²) in [4.78, 5) is 20.6. The summed E-state index contributed by atoms with van der Waals surface area (Å²) >= 11 is 0. The van der Waals surface area contributed by atoms with Crippen molar-refractivity contribution in [2.45, 2.75) is 13.3 Å². The SMILES string of the molecule is Cc1nc(CC(=O)c2cccc(Oc3cccnc3)c2)nn1C. The molecule has 0 aliphatic heterocycles. The summed E-state index contributed by atoms with van der Waals surface area (Å²) in [6.07, 6.45) is 3.46. The summed E-state index contributed by atoms with van der Waals surface area (Å²) in [6.45, 7) is 1.85. The van der Waals surface area contributed by atoms with Crippen molar-refractivity contribution in [2.75, 3.05) is 0 Å². The molecule has 0 spiro atoms. The number of carbonyl (C=O) groups is 1. The third kappa shape index (κ3) is 3.60. The molecular formula is C17H16N4O2. The first kappa shape index (κ1) is 14.9. The lowest BCUT2D eigenvalue weighted by Crippen LogP contribution is -2.05. The molecule has 6 nitrogen and oxygen atoms in total. The van der Waals surface area contributed by atoms with E-state index >= 15 is 0 Å². The van der Waals surface area contributed by atoms with Crippen LogP contribution in [-0.2, 0) is 13.5 Å². The predicted octanol–water partition coefficient (Wildman–Crippen LogP) is 2.74. The largest absolute Gasteiger partial charge is 0.456 e. The van der Waals surface area contributed by atoms with E-state index in [1.165, 1.54) is 0 Å². The van der Waals surface area contributed by atoms with Gasteiger partial charge >= 0.3 is 0 Å². The van der Waals surface area contributed by atoms with Crippen LogP contribution in [0.1, 0.15) is 22.0 Å². The Kier molecular flexibility index (Phi) is 4.14. The highest BCUT2D eigenvalue weighted by molar-refractivity contribution is 5.97. The quantitative estimate of drug-likeness (QED) is 0.678. The second-order valence-corrected chi connectivity index (χ2v) is 5.12. The number of aromatic nitrogens is 4. The van der Waals surface area contributed by atoms with Crippen molar-refractivity contribution in [2.24, 2.45) is 7.05 Å². The van der Waals surface area contributed by atoms with Gasteiger partial charge in [-0.15, -0.1) is 0 Å². The van der Waals surface area contributed by atoms with Crippen molar-refractivity contribution in [3.8, 4) is 11.5 Å². The number of aryl methyl sites for hydroxylation is 2. The molecule has 0 unspecified atom stereocenters. The average Bonchev–Trinajstić information content (AvgIpc) is 2.86. The maximum Gasteiger partial charge on any atom is 0.170 e. The summed E-state index contributed by atoms with van der Waals surface area (Å²) in [6, 6.07) is 10.7. The molecule has 0 amide bonds. The molecule has 0 N–H and O–H groups in total. The van der Waals surface area contributed by atoms with E-state index in [0.29, 0.717) is 22.9 Å². The highest BCUT2D eigenvalue weighted by Gasteiger charge is 2.12. The van der Waals surface area contributed by atoms with E-state index in [1.807, 2.05) is 13.0 Å². The number of hydrogen-bond acceptors (Lipinski definition) is 5. The summed E-state index contributed by atoms with van der Waals surface area (Å²) < 4.78 is 7.35. The van der Waals surface area contributed by atoms with Crippen LogP contribution in [0.2, 0.25) is 0 Å².